The van der Waals surface area contributed by atoms with Crippen molar-refractivity contribution in [1.29, 1.82) is 0 Å². The Morgan fingerprint density at radius 1 is 1.29 bits per heavy atom. The smallest absolute Gasteiger partial charge is 0.255 e. The third-order valence-corrected chi connectivity index (χ3v) is 4.68. The molecular weight excluding hydrogens is 266 g/mol. The van der Waals surface area contributed by atoms with E-state index in [0.29, 0.717) is 24.8 Å². The molecule has 1 aliphatic heterocycles. The quantitative estimate of drug-likeness (QED) is 0.924. The minimum Gasteiger partial charge on any atom is -0.374 e. The molecule has 1 amide bonds. The van der Waals surface area contributed by atoms with Crippen molar-refractivity contribution in [3.63, 3.8) is 0 Å². The Balaban J connectivity index is 1.47. The molecule has 4 rings (SSSR count). The van der Waals surface area contributed by atoms with Crippen LogP contribution in [-0.2, 0) is 4.74 Å². The molecule has 2 atom stereocenters. The van der Waals surface area contributed by atoms with Crippen molar-refractivity contribution in [2.75, 3.05) is 18.5 Å². The molecule has 0 aromatic carbocycles. The van der Waals surface area contributed by atoms with Crippen LogP contribution in [0, 0.1) is 0 Å². The van der Waals surface area contributed by atoms with E-state index in [0.717, 1.165) is 25.1 Å². The number of anilines is 1. The van der Waals surface area contributed by atoms with Crippen molar-refractivity contribution in [3.05, 3.63) is 23.9 Å². The van der Waals surface area contributed by atoms with Gasteiger partial charge in [-0.2, -0.15) is 0 Å². The van der Waals surface area contributed by atoms with Gasteiger partial charge in [0, 0.05) is 18.8 Å². The number of hydrogen-bond acceptors (Lipinski definition) is 4. The summed E-state index contributed by atoms with van der Waals surface area (Å²) in [6, 6.07) is 4.64. The highest BCUT2D eigenvalue weighted by atomic mass is 16.5. The number of amides is 1. The lowest BCUT2D eigenvalue weighted by Crippen LogP contribution is -2.51. The minimum absolute atomic E-state index is 0.0978. The monoisotopic (exact) mass is 287 g/mol. The average Bonchev–Trinajstić information content (AvgIpc) is 3.20. The number of ether oxygens (including phenoxy) is 1. The lowest BCUT2D eigenvalue weighted by molar-refractivity contribution is -0.0445. The van der Waals surface area contributed by atoms with E-state index in [4.69, 9.17) is 4.74 Å². The second kappa shape index (κ2) is 5.30. The Bertz CT molecular complexity index is 527. The van der Waals surface area contributed by atoms with Crippen molar-refractivity contribution in [3.8, 4) is 0 Å². The lowest BCUT2D eigenvalue weighted by Gasteiger charge is -2.37. The van der Waals surface area contributed by atoms with Gasteiger partial charge in [0.05, 0.1) is 24.3 Å². The van der Waals surface area contributed by atoms with Crippen LogP contribution >= 0.6 is 0 Å². The fourth-order valence-electron chi connectivity index (χ4n) is 3.39. The fraction of sp³-hybridized carbons (Fsp3) is 0.625. The van der Waals surface area contributed by atoms with Crippen LogP contribution in [0.5, 0.6) is 0 Å². The van der Waals surface area contributed by atoms with Crippen LogP contribution in [0.25, 0.3) is 0 Å². The lowest BCUT2D eigenvalue weighted by atomic mass is 10.1. The average molecular weight is 287 g/mol. The van der Waals surface area contributed by atoms with E-state index in [1.807, 2.05) is 17.0 Å². The summed E-state index contributed by atoms with van der Waals surface area (Å²) in [5, 5.41) is 3.34. The third-order valence-electron chi connectivity index (χ3n) is 4.68. The van der Waals surface area contributed by atoms with E-state index < -0.39 is 0 Å². The number of hydrogen-bond donors (Lipinski definition) is 1. The molecule has 1 N–H and O–H groups in total. The predicted octanol–water partition coefficient (Wildman–Crippen LogP) is 2.05. The van der Waals surface area contributed by atoms with Crippen molar-refractivity contribution in [1.82, 2.24) is 9.88 Å². The molecule has 0 radical (unpaired) electrons. The molecule has 21 heavy (non-hydrogen) atoms. The maximum Gasteiger partial charge on any atom is 0.255 e. The molecule has 5 heteroatoms. The summed E-state index contributed by atoms with van der Waals surface area (Å²) in [6.07, 6.45) is 7.68. The van der Waals surface area contributed by atoms with Gasteiger partial charge in [-0.1, -0.05) is 0 Å². The molecule has 112 valence electrons. The first-order valence-electron chi connectivity index (χ1n) is 7.96. The molecule has 2 saturated carbocycles. The summed E-state index contributed by atoms with van der Waals surface area (Å²) in [6.45, 7) is 1.35. The number of carbonyl (C=O) groups is 1. The summed E-state index contributed by atoms with van der Waals surface area (Å²) >= 11 is 0. The Kier molecular flexibility index (Phi) is 3.30. The van der Waals surface area contributed by atoms with E-state index in [9.17, 15) is 4.79 Å². The molecule has 1 aromatic heterocycles. The molecule has 0 bridgehead atoms. The van der Waals surface area contributed by atoms with Gasteiger partial charge < -0.3 is 15.0 Å². The predicted molar refractivity (Wildman–Crippen MR) is 79.3 cm³/mol. The van der Waals surface area contributed by atoms with Crippen molar-refractivity contribution in [2.45, 2.75) is 50.3 Å². The minimum atomic E-state index is 0.0978. The van der Waals surface area contributed by atoms with Gasteiger partial charge in [0.1, 0.15) is 5.82 Å². The van der Waals surface area contributed by atoms with Gasteiger partial charge in [0.15, 0.2) is 0 Å². The molecular formula is C16H21N3O2. The first-order valence-corrected chi connectivity index (χ1v) is 7.96. The van der Waals surface area contributed by atoms with Crippen LogP contribution < -0.4 is 5.32 Å². The topological polar surface area (TPSA) is 54.5 Å². The Hall–Kier alpha value is -1.62. The van der Waals surface area contributed by atoms with E-state index in [1.165, 1.54) is 12.8 Å². The normalized spacial score (nSPS) is 28.3. The first kappa shape index (κ1) is 13.1. The van der Waals surface area contributed by atoms with Gasteiger partial charge in [-0.25, -0.2) is 4.98 Å². The van der Waals surface area contributed by atoms with E-state index in [-0.39, 0.29) is 18.1 Å². The standard InChI is InChI=1S/C16H21N3O2/c20-16(19-8-9-21-14-3-1-2-13(14)19)11-4-7-15(17-10-11)18-12-5-6-12/h4,7,10,12-14H,1-3,5-6,8-9H2,(H,17,18)/t13-,14-/m0/s1. The van der Waals surface area contributed by atoms with Gasteiger partial charge in [0.25, 0.3) is 5.91 Å². The molecule has 0 spiro atoms. The van der Waals surface area contributed by atoms with Gasteiger partial charge >= 0.3 is 0 Å². The van der Waals surface area contributed by atoms with Crippen molar-refractivity contribution in [2.24, 2.45) is 0 Å². The zero-order chi connectivity index (χ0) is 14.2. The van der Waals surface area contributed by atoms with Gasteiger partial charge in [-0.05, 0) is 44.2 Å². The molecule has 1 aromatic rings. The number of nitrogens with one attached hydrogen (secondary N) is 1. The van der Waals surface area contributed by atoms with Crippen LogP contribution in [0.1, 0.15) is 42.5 Å². The van der Waals surface area contributed by atoms with Crippen LogP contribution in [-0.4, -0.2) is 47.1 Å². The number of aromatic nitrogens is 1. The van der Waals surface area contributed by atoms with E-state index in [2.05, 4.69) is 10.3 Å². The van der Waals surface area contributed by atoms with Crippen molar-refractivity contribution >= 4 is 11.7 Å². The molecule has 5 nitrogen and oxygen atoms in total. The number of carbonyl (C=O) groups excluding carboxylic acids is 1. The van der Waals surface area contributed by atoms with E-state index in [1.54, 1.807) is 6.20 Å². The summed E-state index contributed by atoms with van der Waals surface area (Å²) in [7, 11) is 0. The van der Waals surface area contributed by atoms with Gasteiger partial charge in [0.2, 0.25) is 0 Å². The first-order chi connectivity index (χ1) is 10.3. The second-order valence-electron chi connectivity index (χ2n) is 6.26. The summed E-state index contributed by atoms with van der Waals surface area (Å²) in [5.74, 6) is 0.968. The summed E-state index contributed by atoms with van der Waals surface area (Å²) < 4.78 is 5.77. The van der Waals surface area contributed by atoms with Crippen LogP contribution in [0.4, 0.5) is 5.82 Å². The molecule has 1 saturated heterocycles. The SMILES string of the molecule is O=C(c1ccc(NC2CC2)nc1)N1CCO[C@H]2CCC[C@@H]21. The Labute approximate surface area is 124 Å². The number of morpholine rings is 1. The Morgan fingerprint density at radius 2 is 2.19 bits per heavy atom. The van der Waals surface area contributed by atoms with Crippen molar-refractivity contribution < 1.29 is 9.53 Å². The largest absolute Gasteiger partial charge is 0.374 e. The molecule has 2 heterocycles. The number of fused-ring (bicyclic) bond motifs is 1. The third kappa shape index (κ3) is 2.62. The van der Waals surface area contributed by atoms with E-state index >= 15 is 0 Å². The van der Waals surface area contributed by atoms with Crippen LogP contribution in [0.2, 0.25) is 0 Å². The highest BCUT2D eigenvalue weighted by molar-refractivity contribution is 5.94. The van der Waals surface area contributed by atoms with Gasteiger partial charge in [-0.3, -0.25) is 4.79 Å². The maximum absolute atomic E-state index is 12.7. The summed E-state index contributed by atoms with van der Waals surface area (Å²) in [5.41, 5.74) is 0.684. The molecule has 3 aliphatic rings. The van der Waals surface area contributed by atoms with Crippen LogP contribution in [0.3, 0.4) is 0 Å². The number of rotatable bonds is 3. The number of pyridine rings is 1. The Morgan fingerprint density at radius 3 is 2.95 bits per heavy atom. The molecule has 3 fully saturated rings. The second-order valence-corrected chi connectivity index (χ2v) is 6.26. The fourth-order valence-corrected chi connectivity index (χ4v) is 3.39. The zero-order valence-electron chi connectivity index (χ0n) is 12.1. The van der Waals surface area contributed by atoms with Gasteiger partial charge in [-0.15, -0.1) is 0 Å². The molecule has 0 unspecified atom stereocenters. The highest BCUT2D eigenvalue weighted by Crippen LogP contribution is 2.30. The zero-order valence-corrected chi connectivity index (χ0v) is 12.1. The highest BCUT2D eigenvalue weighted by Gasteiger charge is 2.38. The number of nitrogens with zero attached hydrogens (tertiary/aromatic N) is 2. The van der Waals surface area contributed by atoms with Crippen LogP contribution in [0.15, 0.2) is 18.3 Å². The molecule has 2 aliphatic carbocycles. The summed E-state index contributed by atoms with van der Waals surface area (Å²) in [4.78, 5) is 19.1. The maximum atomic E-state index is 12.7.